The van der Waals surface area contributed by atoms with Gasteiger partial charge in [0, 0.05) is 11.4 Å². The second-order valence-electron chi connectivity index (χ2n) is 4.13. The molecule has 2 rings (SSSR count). The Morgan fingerprint density at radius 3 is 2.00 bits per heavy atom. The van der Waals surface area contributed by atoms with E-state index in [1.54, 1.807) is 0 Å². The summed E-state index contributed by atoms with van der Waals surface area (Å²) in [7, 11) is 0. The SMILES string of the molecule is Cc1cc(-c2ccc(N)cc2)cc(N)c1C. The van der Waals surface area contributed by atoms with Gasteiger partial charge in [0.2, 0.25) is 0 Å². The van der Waals surface area contributed by atoms with Gasteiger partial charge in [-0.3, -0.25) is 0 Å². The van der Waals surface area contributed by atoms with Crippen molar-refractivity contribution in [3.8, 4) is 11.1 Å². The average molecular weight is 212 g/mol. The standard InChI is InChI=1S/C14H16N2/c1-9-7-12(8-14(16)10(9)2)11-3-5-13(15)6-4-11/h3-8H,15-16H2,1-2H3. The van der Waals surface area contributed by atoms with Crippen molar-refractivity contribution in [2.45, 2.75) is 13.8 Å². The van der Waals surface area contributed by atoms with Crippen molar-refractivity contribution in [3.05, 3.63) is 47.5 Å². The van der Waals surface area contributed by atoms with Crippen LogP contribution in [0.3, 0.4) is 0 Å². The van der Waals surface area contributed by atoms with Gasteiger partial charge in [0.15, 0.2) is 0 Å². The highest BCUT2D eigenvalue weighted by Gasteiger charge is 2.03. The minimum Gasteiger partial charge on any atom is -0.399 e. The Bertz CT molecular complexity index is 490. The fraction of sp³-hybridized carbons (Fsp3) is 0.143. The molecule has 4 N–H and O–H groups in total. The molecular formula is C14H16N2. The minimum absolute atomic E-state index is 0.778. The fourth-order valence-corrected chi connectivity index (χ4v) is 1.73. The second-order valence-corrected chi connectivity index (χ2v) is 4.13. The molecular weight excluding hydrogens is 196 g/mol. The van der Waals surface area contributed by atoms with E-state index in [0.717, 1.165) is 28.1 Å². The van der Waals surface area contributed by atoms with Gasteiger partial charge < -0.3 is 11.5 Å². The van der Waals surface area contributed by atoms with E-state index in [-0.39, 0.29) is 0 Å². The molecule has 2 aromatic rings. The van der Waals surface area contributed by atoms with Crippen molar-refractivity contribution in [1.82, 2.24) is 0 Å². The monoisotopic (exact) mass is 212 g/mol. The quantitative estimate of drug-likeness (QED) is 0.713. The summed E-state index contributed by atoms with van der Waals surface area (Å²) in [5.41, 5.74) is 17.9. The van der Waals surface area contributed by atoms with E-state index in [4.69, 9.17) is 11.5 Å². The van der Waals surface area contributed by atoms with Crippen molar-refractivity contribution in [2.24, 2.45) is 0 Å². The first-order valence-electron chi connectivity index (χ1n) is 5.30. The van der Waals surface area contributed by atoms with Crippen molar-refractivity contribution in [3.63, 3.8) is 0 Å². The number of anilines is 2. The third-order valence-electron chi connectivity index (χ3n) is 2.95. The highest BCUT2D eigenvalue weighted by Crippen LogP contribution is 2.26. The normalized spacial score (nSPS) is 10.4. The third-order valence-corrected chi connectivity index (χ3v) is 2.95. The number of hydrogen-bond acceptors (Lipinski definition) is 2. The smallest absolute Gasteiger partial charge is 0.0352 e. The molecule has 0 aliphatic rings. The van der Waals surface area contributed by atoms with Crippen molar-refractivity contribution in [1.29, 1.82) is 0 Å². The summed E-state index contributed by atoms with van der Waals surface area (Å²) < 4.78 is 0. The van der Waals surface area contributed by atoms with Crippen LogP contribution in [0.1, 0.15) is 11.1 Å². The van der Waals surface area contributed by atoms with Crippen LogP contribution in [-0.4, -0.2) is 0 Å². The lowest BCUT2D eigenvalue weighted by molar-refractivity contribution is 1.34. The second kappa shape index (κ2) is 3.89. The van der Waals surface area contributed by atoms with E-state index in [1.807, 2.05) is 37.3 Å². The Kier molecular flexibility index (Phi) is 2.57. The number of rotatable bonds is 1. The van der Waals surface area contributed by atoms with Crippen LogP contribution in [0.5, 0.6) is 0 Å². The molecule has 16 heavy (non-hydrogen) atoms. The molecule has 0 unspecified atom stereocenters. The summed E-state index contributed by atoms with van der Waals surface area (Å²) in [6, 6.07) is 12.0. The van der Waals surface area contributed by atoms with Crippen LogP contribution in [-0.2, 0) is 0 Å². The van der Waals surface area contributed by atoms with Gasteiger partial charge in [-0.05, 0) is 54.3 Å². The van der Waals surface area contributed by atoms with Crippen molar-refractivity contribution < 1.29 is 0 Å². The summed E-state index contributed by atoms with van der Waals surface area (Å²) in [5, 5.41) is 0. The molecule has 0 spiro atoms. The van der Waals surface area contributed by atoms with Gasteiger partial charge in [0.1, 0.15) is 0 Å². The third kappa shape index (κ3) is 1.87. The predicted molar refractivity (Wildman–Crippen MR) is 70.2 cm³/mol. The summed E-state index contributed by atoms with van der Waals surface area (Å²) >= 11 is 0. The first kappa shape index (κ1) is 10.6. The lowest BCUT2D eigenvalue weighted by Gasteiger charge is -2.09. The molecule has 0 fully saturated rings. The van der Waals surface area contributed by atoms with Crippen molar-refractivity contribution >= 4 is 11.4 Å². The van der Waals surface area contributed by atoms with Crippen LogP contribution < -0.4 is 11.5 Å². The average Bonchev–Trinajstić information content (AvgIpc) is 2.26. The molecule has 0 aromatic heterocycles. The number of nitrogens with two attached hydrogens (primary N) is 2. The maximum Gasteiger partial charge on any atom is 0.0352 e. The lowest BCUT2D eigenvalue weighted by atomic mass is 9.99. The van der Waals surface area contributed by atoms with Crippen LogP contribution in [0.15, 0.2) is 36.4 Å². The number of aryl methyl sites for hydroxylation is 1. The van der Waals surface area contributed by atoms with Gasteiger partial charge in [-0.25, -0.2) is 0 Å². The van der Waals surface area contributed by atoms with Crippen LogP contribution in [0.4, 0.5) is 11.4 Å². The van der Waals surface area contributed by atoms with Crippen LogP contribution in [0.25, 0.3) is 11.1 Å². The summed E-state index contributed by atoms with van der Waals surface area (Å²) in [6.45, 7) is 4.12. The van der Waals surface area contributed by atoms with E-state index in [1.165, 1.54) is 5.56 Å². The molecule has 0 atom stereocenters. The zero-order valence-electron chi connectivity index (χ0n) is 9.62. The van der Waals surface area contributed by atoms with E-state index < -0.39 is 0 Å². The Labute approximate surface area is 95.9 Å². The van der Waals surface area contributed by atoms with E-state index >= 15 is 0 Å². The highest BCUT2D eigenvalue weighted by atomic mass is 14.6. The van der Waals surface area contributed by atoms with Gasteiger partial charge in [-0.15, -0.1) is 0 Å². The fourth-order valence-electron chi connectivity index (χ4n) is 1.73. The van der Waals surface area contributed by atoms with Crippen LogP contribution >= 0.6 is 0 Å². The van der Waals surface area contributed by atoms with Gasteiger partial charge in [-0.2, -0.15) is 0 Å². The summed E-state index contributed by atoms with van der Waals surface area (Å²) in [4.78, 5) is 0. The first-order chi connectivity index (χ1) is 7.58. The largest absolute Gasteiger partial charge is 0.399 e. The molecule has 0 bridgehead atoms. The molecule has 2 nitrogen and oxygen atoms in total. The number of benzene rings is 2. The van der Waals surface area contributed by atoms with E-state index in [2.05, 4.69) is 13.0 Å². The molecule has 0 aliphatic carbocycles. The Balaban J connectivity index is 2.52. The molecule has 0 radical (unpaired) electrons. The molecule has 0 saturated heterocycles. The number of nitrogen functional groups attached to an aromatic ring is 2. The summed E-state index contributed by atoms with van der Waals surface area (Å²) in [6.07, 6.45) is 0. The maximum atomic E-state index is 5.96. The van der Waals surface area contributed by atoms with Gasteiger partial charge in [0.05, 0.1) is 0 Å². The molecule has 82 valence electrons. The Morgan fingerprint density at radius 2 is 1.44 bits per heavy atom. The minimum atomic E-state index is 0.778. The Hall–Kier alpha value is -1.96. The molecule has 0 amide bonds. The van der Waals surface area contributed by atoms with E-state index in [9.17, 15) is 0 Å². The predicted octanol–water partition coefficient (Wildman–Crippen LogP) is 3.13. The Morgan fingerprint density at radius 1 is 0.812 bits per heavy atom. The van der Waals surface area contributed by atoms with Crippen molar-refractivity contribution in [2.75, 3.05) is 11.5 Å². The molecule has 0 aliphatic heterocycles. The first-order valence-corrected chi connectivity index (χ1v) is 5.30. The van der Waals surface area contributed by atoms with Gasteiger partial charge in [0.25, 0.3) is 0 Å². The molecule has 0 saturated carbocycles. The zero-order valence-corrected chi connectivity index (χ0v) is 9.62. The van der Waals surface area contributed by atoms with Gasteiger partial charge in [-0.1, -0.05) is 18.2 Å². The van der Waals surface area contributed by atoms with Crippen LogP contribution in [0, 0.1) is 13.8 Å². The van der Waals surface area contributed by atoms with Gasteiger partial charge >= 0.3 is 0 Å². The highest BCUT2D eigenvalue weighted by molar-refractivity contribution is 5.71. The molecule has 2 aromatic carbocycles. The zero-order chi connectivity index (χ0) is 11.7. The molecule has 2 heteroatoms. The number of hydrogen-bond donors (Lipinski definition) is 2. The van der Waals surface area contributed by atoms with E-state index in [0.29, 0.717) is 0 Å². The maximum absolute atomic E-state index is 5.96. The molecule has 0 heterocycles. The lowest BCUT2D eigenvalue weighted by Crippen LogP contribution is -1.93. The van der Waals surface area contributed by atoms with Crippen LogP contribution in [0.2, 0.25) is 0 Å². The summed E-state index contributed by atoms with van der Waals surface area (Å²) in [5.74, 6) is 0. The topological polar surface area (TPSA) is 52.0 Å².